The molecule has 1 amide bonds. The maximum atomic E-state index is 11.7. The van der Waals surface area contributed by atoms with Gasteiger partial charge in [0.1, 0.15) is 0 Å². The van der Waals surface area contributed by atoms with Crippen LogP contribution in [0.3, 0.4) is 0 Å². The SMILES string of the molecule is CCCN(C)C(=O)c1ccccc1.O=C=O. The van der Waals surface area contributed by atoms with Gasteiger partial charge in [0.15, 0.2) is 0 Å². The van der Waals surface area contributed by atoms with Crippen molar-refractivity contribution in [2.24, 2.45) is 0 Å². The number of amides is 1. The average Bonchev–Trinajstić information content (AvgIpc) is 2.30. The van der Waals surface area contributed by atoms with Crippen LogP contribution in [0.5, 0.6) is 0 Å². The molecule has 0 fully saturated rings. The average molecular weight is 221 g/mol. The molecule has 0 aliphatic heterocycles. The van der Waals surface area contributed by atoms with Crippen LogP contribution in [0.1, 0.15) is 23.7 Å². The molecular weight excluding hydrogens is 206 g/mol. The van der Waals surface area contributed by atoms with Crippen LogP contribution in [0.15, 0.2) is 30.3 Å². The Balaban J connectivity index is 0.000000673. The lowest BCUT2D eigenvalue weighted by Crippen LogP contribution is -2.27. The molecule has 0 aliphatic rings. The Morgan fingerprint density at radius 2 is 1.75 bits per heavy atom. The molecule has 0 spiro atoms. The van der Waals surface area contributed by atoms with Gasteiger partial charge in [-0.25, -0.2) is 0 Å². The summed E-state index contributed by atoms with van der Waals surface area (Å²) < 4.78 is 0. The summed E-state index contributed by atoms with van der Waals surface area (Å²) in [6, 6.07) is 9.36. The van der Waals surface area contributed by atoms with Crippen molar-refractivity contribution in [1.82, 2.24) is 4.90 Å². The van der Waals surface area contributed by atoms with Gasteiger partial charge in [0, 0.05) is 19.2 Å². The van der Waals surface area contributed by atoms with Gasteiger partial charge in [-0.15, -0.1) is 0 Å². The summed E-state index contributed by atoms with van der Waals surface area (Å²) in [6.45, 7) is 2.88. The Hall–Kier alpha value is -1.93. The molecule has 0 radical (unpaired) electrons. The van der Waals surface area contributed by atoms with E-state index in [4.69, 9.17) is 9.59 Å². The summed E-state index contributed by atoms with van der Waals surface area (Å²) in [4.78, 5) is 29.7. The highest BCUT2D eigenvalue weighted by Crippen LogP contribution is 2.02. The summed E-state index contributed by atoms with van der Waals surface area (Å²) in [5.74, 6) is 0.0995. The Bertz CT molecular complexity index is 343. The summed E-state index contributed by atoms with van der Waals surface area (Å²) in [5, 5.41) is 0. The first-order valence-electron chi connectivity index (χ1n) is 4.97. The molecular formula is C12H15NO3. The molecule has 0 unspecified atom stereocenters. The number of benzene rings is 1. The fourth-order valence-corrected chi connectivity index (χ4v) is 1.24. The van der Waals surface area contributed by atoms with Crippen molar-refractivity contribution in [2.45, 2.75) is 13.3 Å². The quantitative estimate of drug-likeness (QED) is 0.778. The molecule has 0 N–H and O–H groups in total. The second-order valence-electron chi connectivity index (χ2n) is 3.18. The lowest BCUT2D eigenvalue weighted by molar-refractivity contribution is -0.191. The van der Waals surface area contributed by atoms with Gasteiger partial charge >= 0.3 is 6.15 Å². The van der Waals surface area contributed by atoms with Crippen molar-refractivity contribution in [1.29, 1.82) is 0 Å². The molecule has 1 aromatic carbocycles. The molecule has 1 rings (SSSR count). The van der Waals surface area contributed by atoms with Gasteiger partial charge in [-0.05, 0) is 18.6 Å². The highest BCUT2D eigenvalue weighted by Gasteiger charge is 2.08. The highest BCUT2D eigenvalue weighted by molar-refractivity contribution is 5.93. The summed E-state index contributed by atoms with van der Waals surface area (Å²) in [6.07, 6.45) is 1.25. The third-order valence-corrected chi connectivity index (χ3v) is 1.93. The zero-order chi connectivity index (χ0) is 12.4. The molecule has 0 heterocycles. The first kappa shape index (κ1) is 14.1. The number of carbonyl (C=O) groups excluding carboxylic acids is 3. The monoisotopic (exact) mass is 221 g/mol. The van der Waals surface area contributed by atoms with E-state index in [-0.39, 0.29) is 12.1 Å². The summed E-state index contributed by atoms with van der Waals surface area (Å²) in [7, 11) is 1.83. The van der Waals surface area contributed by atoms with E-state index in [0.29, 0.717) is 0 Å². The molecule has 0 aliphatic carbocycles. The molecule has 4 nitrogen and oxygen atoms in total. The Morgan fingerprint density at radius 3 is 2.19 bits per heavy atom. The summed E-state index contributed by atoms with van der Waals surface area (Å²) in [5.41, 5.74) is 0.762. The molecule has 16 heavy (non-hydrogen) atoms. The van der Waals surface area contributed by atoms with Crippen LogP contribution in [0.25, 0.3) is 0 Å². The lowest BCUT2D eigenvalue weighted by Gasteiger charge is -2.15. The maximum Gasteiger partial charge on any atom is 0.373 e. The zero-order valence-corrected chi connectivity index (χ0v) is 9.47. The molecule has 0 atom stereocenters. The first-order valence-corrected chi connectivity index (χ1v) is 4.97. The molecule has 0 saturated carbocycles. The topological polar surface area (TPSA) is 54.5 Å². The van der Waals surface area contributed by atoms with Crippen molar-refractivity contribution in [3.63, 3.8) is 0 Å². The largest absolute Gasteiger partial charge is 0.373 e. The fourth-order valence-electron chi connectivity index (χ4n) is 1.24. The smallest absolute Gasteiger partial charge is 0.342 e. The predicted octanol–water partition coefficient (Wildman–Crippen LogP) is 1.59. The van der Waals surface area contributed by atoms with Crippen LogP contribution < -0.4 is 0 Å². The van der Waals surface area contributed by atoms with Crippen LogP contribution in [0.2, 0.25) is 0 Å². The summed E-state index contributed by atoms with van der Waals surface area (Å²) >= 11 is 0. The van der Waals surface area contributed by atoms with Gasteiger partial charge in [0.2, 0.25) is 0 Å². The van der Waals surface area contributed by atoms with Crippen LogP contribution in [-0.2, 0) is 9.59 Å². The third-order valence-electron chi connectivity index (χ3n) is 1.93. The number of carbonyl (C=O) groups is 1. The van der Waals surface area contributed by atoms with Crippen LogP contribution in [0.4, 0.5) is 0 Å². The number of hydrogen-bond acceptors (Lipinski definition) is 3. The first-order chi connectivity index (χ1) is 7.67. The Labute approximate surface area is 94.9 Å². The van der Waals surface area contributed by atoms with E-state index in [1.54, 1.807) is 4.90 Å². The van der Waals surface area contributed by atoms with E-state index in [1.807, 2.05) is 37.4 Å². The van der Waals surface area contributed by atoms with Gasteiger partial charge < -0.3 is 4.90 Å². The minimum Gasteiger partial charge on any atom is -0.342 e. The van der Waals surface area contributed by atoms with Crippen molar-refractivity contribution in [2.75, 3.05) is 13.6 Å². The van der Waals surface area contributed by atoms with E-state index in [2.05, 4.69) is 6.92 Å². The van der Waals surface area contributed by atoms with Gasteiger partial charge in [-0.2, -0.15) is 9.59 Å². The van der Waals surface area contributed by atoms with Gasteiger partial charge in [0.05, 0.1) is 0 Å². The number of hydrogen-bond donors (Lipinski definition) is 0. The zero-order valence-electron chi connectivity index (χ0n) is 9.47. The minimum atomic E-state index is 0.0995. The minimum absolute atomic E-state index is 0.0995. The van der Waals surface area contributed by atoms with Crippen molar-refractivity contribution < 1.29 is 14.4 Å². The Kier molecular flexibility index (Phi) is 7.37. The van der Waals surface area contributed by atoms with Crippen molar-refractivity contribution in [3.8, 4) is 0 Å². The molecule has 4 heteroatoms. The van der Waals surface area contributed by atoms with E-state index >= 15 is 0 Å². The van der Waals surface area contributed by atoms with E-state index in [9.17, 15) is 4.79 Å². The molecule has 1 aromatic rings. The molecule has 0 saturated heterocycles. The van der Waals surface area contributed by atoms with Gasteiger partial charge in [-0.3, -0.25) is 4.79 Å². The number of rotatable bonds is 3. The normalized spacial score (nSPS) is 8.38. The third kappa shape index (κ3) is 5.08. The van der Waals surface area contributed by atoms with E-state index in [1.165, 1.54) is 0 Å². The van der Waals surface area contributed by atoms with Crippen molar-refractivity contribution >= 4 is 12.1 Å². The fraction of sp³-hybridized carbons (Fsp3) is 0.333. The van der Waals surface area contributed by atoms with Crippen LogP contribution >= 0.6 is 0 Å². The standard InChI is InChI=1S/C11H15NO.CO2/c1-3-9-12(2)11(13)10-7-5-4-6-8-10;2-1-3/h4-8H,3,9H2,1-2H3;. The molecule has 86 valence electrons. The van der Waals surface area contributed by atoms with Crippen LogP contribution in [0, 0.1) is 0 Å². The van der Waals surface area contributed by atoms with Crippen molar-refractivity contribution in [3.05, 3.63) is 35.9 Å². The number of nitrogens with zero attached hydrogens (tertiary/aromatic N) is 1. The molecule has 0 aromatic heterocycles. The second kappa shape index (κ2) is 8.38. The van der Waals surface area contributed by atoms with Crippen LogP contribution in [-0.4, -0.2) is 30.6 Å². The maximum absolute atomic E-state index is 11.7. The molecule has 0 bridgehead atoms. The predicted molar refractivity (Wildman–Crippen MR) is 58.7 cm³/mol. The van der Waals surface area contributed by atoms with Gasteiger partial charge in [0.25, 0.3) is 5.91 Å². The van der Waals surface area contributed by atoms with E-state index in [0.717, 1.165) is 18.5 Å². The lowest BCUT2D eigenvalue weighted by atomic mass is 10.2. The highest BCUT2D eigenvalue weighted by atomic mass is 16.2. The Morgan fingerprint density at radius 1 is 1.25 bits per heavy atom. The van der Waals surface area contributed by atoms with E-state index < -0.39 is 0 Å². The van der Waals surface area contributed by atoms with Gasteiger partial charge in [-0.1, -0.05) is 25.1 Å². The second-order valence-corrected chi connectivity index (χ2v) is 3.18.